The summed E-state index contributed by atoms with van der Waals surface area (Å²) < 4.78 is 0. The topological polar surface area (TPSA) is 58.9 Å². The van der Waals surface area contributed by atoms with Crippen molar-refractivity contribution >= 4 is 12.2 Å². The molecule has 0 aromatic rings. The van der Waals surface area contributed by atoms with Crippen LogP contribution in [0.2, 0.25) is 0 Å². The fourth-order valence-electron chi connectivity index (χ4n) is 5.66. The highest BCUT2D eigenvalue weighted by Crippen LogP contribution is 2.56. The number of aliphatic imine (C=N–C) groups is 2. The Hall–Kier alpha value is -1.24. The Morgan fingerprint density at radius 2 is 1.58 bits per heavy atom. The fraction of sp³-hybridized carbons (Fsp3) is 0.900. The van der Waals surface area contributed by atoms with Gasteiger partial charge in [-0.2, -0.15) is 0 Å². The van der Waals surface area contributed by atoms with E-state index in [4.69, 9.17) is 0 Å². The number of nitrogens with zero attached hydrogens (tertiary/aromatic N) is 2. The van der Waals surface area contributed by atoms with E-state index in [0.717, 1.165) is 31.6 Å². The number of hydrogen-bond acceptors (Lipinski definition) is 4. The van der Waals surface area contributed by atoms with Crippen molar-refractivity contribution in [3.05, 3.63) is 0 Å². The summed E-state index contributed by atoms with van der Waals surface area (Å²) in [5.74, 6) is 1.39. The van der Waals surface area contributed by atoms with Gasteiger partial charge in [-0.05, 0) is 68.6 Å². The molecule has 0 N–H and O–H groups in total. The molecule has 0 amide bonds. The van der Waals surface area contributed by atoms with Crippen LogP contribution < -0.4 is 0 Å². The van der Waals surface area contributed by atoms with Crippen molar-refractivity contribution in [2.75, 3.05) is 0 Å². The quantitative estimate of drug-likeness (QED) is 0.488. The van der Waals surface area contributed by atoms with Gasteiger partial charge in [0.1, 0.15) is 0 Å². The highest BCUT2D eigenvalue weighted by Gasteiger charge is 2.48. The van der Waals surface area contributed by atoms with E-state index >= 15 is 0 Å². The van der Waals surface area contributed by atoms with Gasteiger partial charge in [-0.15, -0.1) is 0 Å². The Balaban J connectivity index is 2.18. The van der Waals surface area contributed by atoms with Crippen molar-refractivity contribution in [1.29, 1.82) is 0 Å². The predicted molar refractivity (Wildman–Crippen MR) is 95.4 cm³/mol. The number of carbonyl (C=O) groups excluding carboxylic acids is 2. The first kappa shape index (κ1) is 19.1. The minimum absolute atomic E-state index is 0.181. The lowest BCUT2D eigenvalue weighted by molar-refractivity contribution is -0.0162. The molecule has 2 fully saturated rings. The third-order valence-corrected chi connectivity index (χ3v) is 6.65. The summed E-state index contributed by atoms with van der Waals surface area (Å²) in [7, 11) is 0. The van der Waals surface area contributed by atoms with Gasteiger partial charge < -0.3 is 0 Å². The van der Waals surface area contributed by atoms with Gasteiger partial charge in [0.15, 0.2) is 0 Å². The molecule has 0 saturated heterocycles. The lowest BCUT2D eigenvalue weighted by Crippen LogP contribution is -2.45. The van der Waals surface area contributed by atoms with Gasteiger partial charge >= 0.3 is 0 Å². The number of rotatable bonds is 7. The normalized spacial score (nSPS) is 36.4. The van der Waals surface area contributed by atoms with E-state index in [1.54, 1.807) is 12.2 Å². The highest BCUT2D eigenvalue weighted by molar-refractivity contribution is 5.34. The van der Waals surface area contributed by atoms with Crippen LogP contribution in [0.25, 0.3) is 0 Å². The molecule has 24 heavy (non-hydrogen) atoms. The summed E-state index contributed by atoms with van der Waals surface area (Å²) in [5, 5.41) is 0. The lowest BCUT2D eigenvalue weighted by atomic mass is 9.53. The Morgan fingerprint density at radius 1 is 0.917 bits per heavy atom. The van der Waals surface area contributed by atoms with E-state index in [9.17, 15) is 9.59 Å². The first-order chi connectivity index (χ1) is 11.7. The molecule has 0 radical (unpaired) electrons. The zero-order valence-electron chi connectivity index (χ0n) is 15.3. The van der Waals surface area contributed by atoms with Crippen molar-refractivity contribution < 1.29 is 9.59 Å². The second-order valence-electron chi connectivity index (χ2n) is 7.84. The zero-order chi connectivity index (χ0) is 17.4. The van der Waals surface area contributed by atoms with Gasteiger partial charge in [0.2, 0.25) is 12.2 Å². The van der Waals surface area contributed by atoms with Gasteiger partial charge in [-0.3, -0.25) is 0 Å². The van der Waals surface area contributed by atoms with Crippen molar-refractivity contribution in [3.63, 3.8) is 0 Å². The van der Waals surface area contributed by atoms with Gasteiger partial charge in [0, 0.05) is 0 Å². The van der Waals surface area contributed by atoms with E-state index in [1.165, 1.54) is 44.9 Å². The maximum Gasteiger partial charge on any atom is 0.235 e. The summed E-state index contributed by atoms with van der Waals surface area (Å²) in [6, 6.07) is 0.373. The van der Waals surface area contributed by atoms with Crippen LogP contribution in [0.15, 0.2) is 9.98 Å². The molecular weight excluding hydrogens is 300 g/mol. The Morgan fingerprint density at radius 3 is 2.17 bits per heavy atom. The Kier molecular flexibility index (Phi) is 7.40. The molecule has 2 rings (SSSR count). The molecule has 0 aliphatic heterocycles. The van der Waals surface area contributed by atoms with Crippen LogP contribution in [0.5, 0.6) is 0 Å². The van der Waals surface area contributed by atoms with E-state index in [1.807, 2.05) is 0 Å². The smallest absolute Gasteiger partial charge is 0.211 e. The van der Waals surface area contributed by atoms with E-state index in [0.29, 0.717) is 11.3 Å². The standard InChI is InChI=1S/C20H32N2O2/c1-3-5-17-13-19(22-15-24)10-12-20(17,11-4-2)16-6-8-18(9-7-16)21-14-23/h16-19H,3-13H2,1-2H3. The summed E-state index contributed by atoms with van der Waals surface area (Å²) in [4.78, 5) is 29.2. The van der Waals surface area contributed by atoms with Gasteiger partial charge in [-0.1, -0.05) is 33.1 Å². The van der Waals surface area contributed by atoms with E-state index in [-0.39, 0.29) is 12.1 Å². The molecule has 0 heterocycles. The third kappa shape index (κ3) is 4.23. The lowest BCUT2D eigenvalue weighted by Gasteiger charge is -2.52. The van der Waals surface area contributed by atoms with Crippen LogP contribution in [-0.4, -0.2) is 24.2 Å². The molecule has 0 aromatic carbocycles. The van der Waals surface area contributed by atoms with E-state index < -0.39 is 0 Å². The molecule has 0 spiro atoms. The van der Waals surface area contributed by atoms with E-state index in [2.05, 4.69) is 23.8 Å². The molecule has 4 heteroatoms. The van der Waals surface area contributed by atoms with Crippen LogP contribution in [0.3, 0.4) is 0 Å². The largest absolute Gasteiger partial charge is 0.235 e. The summed E-state index contributed by atoms with van der Waals surface area (Å²) in [6.45, 7) is 4.56. The third-order valence-electron chi connectivity index (χ3n) is 6.65. The summed E-state index contributed by atoms with van der Waals surface area (Å²) in [6.07, 6.45) is 16.1. The second kappa shape index (κ2) is 9.30. The maximum absolute atomic E-state index is 10.7. The fourth-order valence-corrected chi connectivity index (χ4v) is 5.66. The van der Waals surface area contributed by atoms with Crippen LogP contribution in [-0.2, 0) is 9.59 Å². The Labute approximate surface area is 146 Å². The van der Waals surface area contributed by atoms with Crippen molar-refractivity contribution in [1.82, 2.24) is 0 Å². The number of isocyanates is 2. The van der Waals surface area contributed by atoms with Crippen LogP contribution >= 0.6 is 0 Å². The molecule has 2 aliphatic carbocycles. The van der Waals surface area contributed by atoms with Crippen LogP contribution in [0, 0.1) is 17.3 Å². The van der Waals surface area contributed by atoms with Crippen LogP contribution in [0.4, 0.5) is 0 Å². The zero-order valence-corrected chi connectivity index (χ0v) is 15.3. The predicted octanol–water partition coefficient (Wildman–Crippen LogP) is 4.97. The van der Waals surface area contributed by atoms with Crippen molar-refractivity contribution in [2.24, 2.45) is 27.2 Å². The van der Waals surface area contributed by atoms with Crippen molar-refractivity contribution in [2.45, 2.75) is 96.6 Å². The highest BCUT2D eigenvalue weighted by atomic mass is 16.1. The molecule has 4 nitrogen and oxygen atoms in total. The average molecular weight is 332 g/mol. The monoisotopic (exact) mass is 332 g/mol. The minimum Gasteiger partial charge on any atom is -0.211 e. The maximum atomic E-state index is 10.7. The molecule has 2 aliphatic rings. The molecular formula is C20H32N2O2. The van der Waals surface area contributed by atoms with Gasteiger partial charge in [0.25, 0.3) is 0 Å². The average Bonchev–Trinajstić information content (AvgIpc) is 2.59. The number of hydrogen-bond donors (Lipinski definition) is 0. The molecule has 0 aromatic heterocycles. The van der Waals surface area contributed by atoms with Crippen molar-refractivity contribution in [3.8, 4) is 0 Å². The molecule has 2 saturated carbocycles. The second-order valence-corrected chi connectivity index (χ2v) is 7.84. The molecule has 0 bridgehead atoms. The Bertz CT molecular complexity index is 486. The first-order valence-corrected chi connectivity index (χ1v) is 9.84. The van der Waals surface area contributed by atoms with Crippen LogP contribution in [0.1, 0.15) is 84.5 Å². The summed E-state index contributed by atoms with van der Waals surface area (Å²) in [5.41, 5.74) is 0.398. The summed E-state index contributed by atoms with van der Waals surface area (Å²) >= 11 is 0. The first-order valence-electron chi connectivity index (χ1n) is 9.84. The van der Waals surface area contributed by atoms with Gasteiger partial charge in [-0.25, -0.2) is 19.6 Å². The molecule has 134 valence electrons. The molecule has 3 unspecified atom stereocenters. The SMILES string of the molecule is CCCC1CC(N=C=O)CCC1(CCC)C1CCC(N=C=O)CC1. The molecule has 3 atom stereocenters. The van der Waals surface area contributed by atoms with Gasteiger partial charge in [0.05, 0.1) is 12.1 Å². The minimum atomic E-state index is 0.181.